The van der Waals surface area contributed by atoms with Gasteiger partial charge in [0.1, 0.15) is 0 Å². The largest absolute Gasteiger partial charge is 0.379 e. The maximum atomic E-state index is 12.0. The molecule has 0 N–H and O–H groups in total. The van der Waals surface area contributed by atoms with Crippen LogP contribution < -0.4 is 0 Å². The molecule has 88 valence electrons. The van der Waals surface area contributed by atoms with E-state index in [4.69, 9.17) is 4.74 Å². The molecule has 1 fully saturated rings. The first kappa shape index (κ1) is 12.5. The van der Waals surface area contributed by atoms with Crippen molar-refractivity contribution >= 4 is 5.91 Å². The third-order valence-electron chi connectivity index (χ3n) is 3.07. The molecule has 0 aromatic carbocycles. The van der Waals surface area contributed by atoms with Crippen LogP contribution in [0, 0.1) is 0 Å². The first-order chi connectivity index (χ1) is 7.04. The van der Waals surface area contributed by atoms with Gasteiger partial charge in [-0.1, -0.05) is 0 Å². The van der Waals surface area contributed by atoms with E-state index in [0.29, 0.717) is 0 Å². The maximum Gasteiger partial charge on any atom is 0.239 e. The van der Waals surface area contributed by atoms with Gasteiger partial charge in [0.15, 0.2) is 0 Å². The Balaban J connectivity index is 2.50. The minimum absolute atomic E-state index is 0.0266. The van der Waals surface area contributed by atoms with Gasteiger partial charge in [-0.15, -0.1) is 0 Å². The Morgan fingerprint density at radius 3 is 2.27 bits per heavy atom. The summed E-state index contributed by atoms with van der Waals surface area (Å²) >= 11 is 0. The van der Waals surface area contributed by atoms with Crippen LogP contribution in [0.3, 0.4) is 0 Å². The summed E-state index contributed by atoms with van der Waals surface area (Å²) in [5.74, 6) is 0.201. The molecule has 0 aromatic heterocycles. The predicted molar refractivity (Wildman–Crippen MR) is 59.8 cm³/mol. The number of hydrogen-bond acceptors (Lipinski definition) is 3. The van der Waals surface area contributed by atoms with Crippen molar-refractivity contribution in [1.29, 1.82) is 0 Å². The molecule has 0 bridgehead atoms. The van der Waals surface area contributed by atoms with Crippen LogP contribution in [0.2, 0.25) is 0 Å². The van der Waals surface area contributed by atoms with E-state index in [0.717, 1.165) is 26.3 Å². The third-order valence-corrected chi connectivity index (χ3v) is 3.07. The molecule has 1 saturated heterocycles. The highest BCUT2D eigenvalue weighted by Gasteiger charge is 2.26. The lowest BCUT2D eigenvalue weighted by molar-refractivity contribution is -0.138. The number of morpholine rings is 1. The SMILES string of the molecule is CC(C)N(C)C(=O)[C@H](C)N1CCOCC1. The normalized spacial score (nSPS) is 20.3. The lowest BCUT2D eigenvalue weighted by Gasteiger charge is -2.34. The van der Waals surface area contributed by atoms with Crippen molar-refractivity contribution in [3.63, 3.8) is 0 Å². The summed E-state index contributed by atoms with van der Waals surface area (Å²) in [6.07, 6.45) is 0. The molecule has 1 rings (SSSR count). The molecule has 4 nitrogen and oxygen atoms in total. The predicted octanol–water partition coefficient (Wildman–Crippen LogP) is 0.574. The molecule has 1 aliphatic rings. The summed E-state index contributed by atoms with van der Waals surface area (Å²) in [7, 11) is 1.87. The second-order valence-corrected chi connectivity index (χ2v) is 4.37. The van der Waals surface area contributed by atoms with Crippen LogP contribution in [0.4, 0.5) is 0 Å². The Morgan fingerprint density at radius 1 is 1.27 bits per heavy atom. The smallest absolute Gasteiger partial charge is 0.239 e. The quantitative estimate of drug-likeness (QED) is 0.689. The summed E-state index contributed by atoms with van der Waals surface area (Å²) in [4.78, 5) is 16.0. The number of nitrogens with zero attached hydrogens (tertiary/aromatic N) is 2. The Kier molecular flexibility index (Phi) is 4.54. The highest BCUT2D eigenvalue weighted by atomic mass is 16.5. The Hall–Kier alpha value is -0.610. The van der Waals surface area contributed by atoms with Gasteiger partial charge in [0, 0.05) is 26.2 Å². The maximum absolute atomic E-state index is 12.0. The van der Waals surface area contributed by atoms with Gasteiger partial charge in [-0.25, -0.2) is 0 Å². The number of carbonyl (C=O) groups excluding carboxylic acids is 1. The second kappa shape index (κ2) is 5.47. The van der Waals surface area contributed by atoms with Gasteiger partial charge in [-0.05, 0) is 20.8 Å². The minimum atomic E-state index is -0.0266. The summed E-state index contributed by atoms with van der Waals surface area (Å²) in [5, 5.41) is 0. The summed E-state index contributed by atoms with van der Waals surface area (Å²) in [5.41, 5.74) is 0. The average molecular weight is 214 g/mol. The highest BCUT2D eigenvalue weighted by molar-refractivity contribution is 5.81. The van der Waals surface area contributed by atoms with Crippen molar-refractivity contribution in [2.75, 3.05) is 33.4 Å². The van der Waals surface area contributed by atoms with Gasteiger partial charge < -0.3 is 9.64 Å². The summed E-state index contributed by atoms with van der Waals surface area (Å²) < 4.78 is 5.27. The lowest BCUT2D eigenvalue weighted by atomic mass is 10.2. The molecule has 4 heteroatoms. The summed E-state index contributed by atoms with van der Waals surface area (Å²) in [6, 6.07) is 0.238. The molecule has 1 aliphatic heterocycles. The lowest BCUT2D eigenvalue weighted by Crippen LogP contribution is -2.51. The van der Waals surface area contributed by atoms with Crippen LogP contribution in [0.25, 0.3) is 0 Å². The van der Waals surface area contributed by atoms with Crippen LogP contribution in [0.15, 0.2) is 0 Å². The highest BCUT2D eigenvalue weighted by Crippen LogP contribution is 2.07. The van der Waals surface area contributed by atoms with Crippen LogP contribution in [0.1, 0.15) is 20.8 Å². The Morgan fingerprint density at radius 2 is 1.80 bits per heavy atom. The third kappa shape index (κ3) is 3.18. The van der Waals surface area contributed by atoms with Gasteiger partial charge in [-0.3, -0.25) is 9.69 Å². The van der Waals surface area contributed by atoms with E-state index < -0.39 is 0 Å². The monoisotopic (exact) mass is 214 g/mol. The second-order valence-electron chi connectivity index (χ2n) is 4.37. The van der Waals surface area contributed by atoms with Gasteiger partial charge in [0.25, 0.3) is 0 Å². The number of amides is 1. The van der Waals surface area contributed by atoms with E-state index in [-0.39, 0.29) is 18.0 Å². The molecule has 0 radical (unpaired) electrons. The zero-order chi connectivity index (χ0) is 11.4. The number of hydrogen-bond donors (Lipinski definition) is 0. The van der Waals surface area contributed by atoms with Gasteiger partial charge in [0.05, 0.1) is 19.3 Å². The van der Waals surface area contributed by atoms with Crippen LogP contribution in [0.5, 0.6) is 0 Å². The van der Waals surface area contributed by atoms with Crippen molar-refractivity contribution in [1.82, 2.24) is 9.80 Å². The van der Waals surface area contributed by atoms with E-state index in [1.165, 1.54) is 0 Å². The fourth-order valence-electron chi connectivity index (χ4n) is 1.67. The molecule has 1 amide bonds. The molecule has 0 spiro atoms. The van der Waals surface area contributed by atoms with E-state index in [1.807, 2.05) is 27.8 Å². The minimum Gasteiger partial charge on any atom is -0.379 e. The molecule has 0 aromatic rings. The van der Waals surface area contributed by atoms with E-state index in [9.17, 15) is 4.79 Å². The molecule has 0 saturated carbocycles. The summed E-state index contributed by atoms with van der Waals surface area (Å²) in [6.45, 7) is 9.24. The number of rotatable bonds is 3. The Labute approximate surface area is 92.2 Å². The van der Waals surface area contributed by atoms with E-state index in [1.54, 1.807) is 4.90 Å². The molecule has 0 aliphatic carbocycles. The molecular formula is C11H22N2O2. The zero-order valence-corrected chi connectivity index (χ0v) is 10.2. The van der Waals surface area contributed by atoms with Gasteiger partial charge >= 0.3 is 0 Å². The standard InChI is InChI=1S/C11H22N2O2/c1-9(2)12(4)11(14)10(3)13-5-7-15-8-6-13/h9-10H,5-8H2,1-4H3/t10-/m0/s1. The van der Waals surface area contributed by atoms with Crippen molar-refractivity contribution < 1.29 is 9.53 Å². The van der Waals surface area contributed by atoms with Crippen molar-refractivity contribution in [3.8, 4) is 0 Å². The van der Waals surface area contributed by atoms with Gasteiger partial charge in [-0.2, -0.15) is 0 Å². The first-order valence-corrected chi connectivity index (χ1v) is 5.62. The van der Waals surface area contributed by atoms with E-state index >= 15 is 0 Å². The molecule has 15 heavy (non-hydrogen) atoms. The number of likely N-dealkylation sites (N-methyl/N-ethyl adjacent to an activating group) is 1. The molecule has 1 atom stereocenters. The van der Waals surface area contributed by atoms with Gasteiger partial charge in [0.2, 0.25) is 5.91 Å². The van der Waals surface area contributed by atoms with Crippen molar-refractivity contribution in [2.24, 2.45) is 0 Å². The van der Waals surface area contributed by atoms with Crippen LogP contribution in [-0.4, -0.2) is 61.1 Å². The fourth-order valence-corrected chi connectivity index (χ4v) is 1.67. The Bertz CT molecular complexity index is 213. The topological polar surface area (TPSA) is 32.8 Å². The molecular weight excluding hydrogens is 192 g/mol. The molecule has 0 unspecified atom stereocenters. The van der Waals surface area contributed by atoms with E-state index in [2.05, 4.69) is 4.90 Å². The first-order valence-electron chi connectivity index (χ1n) is 5.62. The number of ether oxygens (including phenoxy) is 1. The van der Waals surface area contributed by atoms with Crippen molar-refractivity contribution in [2.45, 2.75) is 32.9 Å². The van der Waals surface area contributed by atoms with Crippen molar-refractivity contribution in [3.05, 3.63) is 0 Å². The number of carbonyl (C=O) groups is 1. The van der Waals surface area contributed by atoms with Crippen LogP contribution >= 0.6 is 0 Å². The van der Waals surface area contributed by atoms with Crippen LogP contribution in [-0.2, 0) is 9.53 Å². The molecule has 1 heterocycles. The fraction of sp³-hybridized carbons (Fsp3) is 0.909. The average Bonchev–Trinajstić information content (AvgIpc) is 2.27. The zero-order valence-electron chi connectivity index (χ0n) is 10.2.